The highest BCUT2D eigenvalue weighted by Crippen LogP contribution is 2.34. The van der Waals surface area contributed by atoms with Crippen molar-refractivity contribution >= 4 is 17.3 Å². The van der Waals surface area contributed by atoms with E-state index in [4.69, 9.17) is 5.11 Å². The monoisotopic (exact) mass is 278 g/mol. The Bertz CT molecular complexity index is 518. The number of carboxylic acids is 1. The fraction of sp³-hybridized carbons (Fsp3) is 0.300. The molecular weight excluding hydrogens is 269 g/mol. The Morgan fingerprint density at radius 3 is 2.42 bits per heavy atom. The van der Waals surface area contributed by atoms with Gasteiger partial charge in [-0.3, -0.25) is 10.1 Å². The first-order valence-electron chi connectivity index (χ1n) is 4.90. The molecular formula is C10H9F3N2O4. The number of benzene rings is 1. The van der Waals surface area contributed by atoms with Crippen LogP contribution in [0.15, 0.2) is 24.3 Å². The summed E-state index contributed by atoms with van der Waals surface area (Å²) >= 11 is 0. The minimum atomic E-state index is -5.07. The molecule has 19 heavy (non-hydrogen) atoms. The Kier molecular flexibility index (Phi) is 3.68. The number of rotatable bonds is 4. The summed E-state index contributed by atoms with van der Waals surface area (Å²) in [5.74, 6) is -2.13. The number of carbonyl (C=O) groups is 1. The van der Waals surface area contributed by atoms with E-state index in [1.54, 1.807) is 5.32 Å². The average Bonchev–Trinajstić information content (AvgIpc) is 2.27. The number of non-ortho nitro benzene ring substituents is 1. The van der Waals surface area contributed by atoms with Crippen molar-refractivity contribution in [2.24, 2.45) is 0 Å². The van der Waals surface area contributed by atoms with Gasteiger partial charge in [0.25, 0.3) is 5.69 Å². The van der Waals surface area contributed by atoms with Crippen LogP contribution in [0.1, 0.15) is 6.92 Å². The first-order chi connectivity index (χ1) is 8.58. The first-order valence-corrected chi connectivity index (χ1v) is 4.90. The summed E-state index contributed by atoms with van der Waals surface area (Å²) in [6.45, 7) is 0.439. The molecule has 0 radical (unpaired) electrons. The van der Waals surface area contributed by atoms with Crippen LogP contribution in [-0.2, 0) is 4.79 Å². The van der Waals surface area contributed by atoms with Gasteiger partial charge in [-0.15, -0.1) is 0 Å². The van der Waals surface area contributed by atoms with Crippen molar-refractivity contribution in [1.29, 1.82) is 0 Å². The topological polar surface area (TPSA) is 92.5 Å². The zero-order chi connectivity index (χ0) is 14.8. The Labute approximate surface area is 105 Å². The van der Waals surface area contributed by atoms with E-state index in [1.807, 2.05) is 0 Å². The molecule has 0 saturated carbocycles. The van der Waals surface area contributed by atoms with E-state index < -0.39 is 28.3 Å². The van der Waals surface area contributed by atoms with Crippen molar-refractivity contribution in [3.05, 3.63) is 34.4 Å². The number of alkyl halides is 3. The molecule has 0 amide bonds. The second kappa shape index (κ2) is 4.75. The molecule has 1 aromatic rings. The molecule has 0 aromatic heterocycles. The fourth-order valence-corrected chi connectivity index (χ4v) is 1.23. The van der Waals surface area contributed by atoms with E-state index in [9.17, 15) is 28.1 Å². The normalized spacial score (nSPS) is 14.5. The molecule has 6 nitrogen and oxygen atoms in total. The second-order valence-corrected chi connectivity index (χ2v) is 3.86. The van der Waals surface area contributed by atoms with E-state index in [-0.39, 0.29) is 5.69 Å². The number of nitro groups is 1. The van der Waals surface area contributed by atoms with Crippen molar-refractivity contribution in [3.63, 3.8) is 0 Å². The zero-order valence-corrected chi connectivity index (χ0v) is 9.56. The summed E-state index contributed by atoms with van der Waals surface area (Å²) in [6.07, 6.45) is -5.07. The Morgan fingerprint density at radius 2 is 2.00 bits per heavy atom. The highest BCUT2D eigenvalue weighted by molar-refractivity contribution is 5.83. The number of nitrogens with zero attached hydrogens (tertiary/aromatic N) is 1. The summed E-state index contributed by atoms with van der Waals surface area (Å²) in [5.41, 5.74) is -3.99. The van der Waals surface area contributed by atoms with Gasteiger partial charge >= 0.3 is 12.1 Å². The largest absolute Gasteiger partial charge is 0.479 e. The molecule has 0 fully saturated rings. The number of carboxylic acid groups (broad SMARTS) is 1. The Morgan fingerprint density at radius 1 is 1.42 bits per heavy atom. The van der Waals surface area contributed by atoms with Gasteiger partial charge in [-0.25, -0.2) is 4.79 Å². The average molecular weight is 278 g/mol. The van der Waals surface area contributed by atoms with Gasteiger partial charge in [0.05, 0.1) is 4.92 Å². The predicted molar refractivity (Wildman–Crippen MR) is 58.8 cm³/mol. The lowest BCUT2D eigenvalue weighted by molar-refractivity contribution is -0.384. The molecule has 1 aromatic carbocycles. The molecule has 9 heteroatoms. The van der Waals surface area contributed by atoms with E-state index in [1.165, 1.54) is 0 Å². The summed E-state index contributed by atoms with van der Waals surface area (Å²) in [6, 6.07) is 4.17. The van der Waals surface area contributed by atoms with Crippen LogP contribution in [-0.4, -0.2) is 27.7 Å². The van der Waals surface area contributed by atoms with Crippen LogP contribution in [0.2, 0.25) is 0 Å². The number of anilines is 1. The highest BCUT2D eigenvalue weighted by atomic mass is 19.4. The molecule has 1 atom stereocenters. The number of hydrogen-bond donors (Lipinski definition) is 2. The standard InChI is InChI=1S/C10H9F3N2O4/c1-9(8(16)17,10(11,12)13)14-6-3-2-4-7(5-6)15(18)19/h2-5,14H,1H3,(H,16,17). The van der Waals surface area contributed by atoms with Crippen LogP contribution in [0.4, 0.5) is 24.5 Å². The Balaban J connectivity index is 3.15. The van der Waals surface area contributed by atoms with Gasteiger partial charge in [0, 0.05) is 17.8 Å². The molecule has 0 saturated heterocycles. The van der Waals surface area contributed by atoms with Gasteiger partial charge in [0.15, 0.2) is 0 Å². The van der Waals surface area contributed by atoms with Crippen LogP contribution in [0.3, 0.4) is 0 Å². The highest BCUT2D eigenvalue weighted by Gasteiger charge is 2.57. The van der Waals surface area contributed by atoms with Crippen molar-refractivity contribution in [2.45, 2.75) is 18.6 Å². The molecule has 104 valence electrons. The van der Waals surface area contributed by atoms with E-state index in [2.05, 4.69) is 0 Å². The van der Waals surface area contributed by atoms with E-state index in [0.717, 1.165) is 24.3 Å². The third kappa shape index (κ3) is 2.92. The van der Waals surface area contributed by atoms with Crippen LogP contribution in [0.25, 0.3) is 0 Å². The van der Waals surface area contributed by atoms with Crippen molar-refractivity contribution < 1.29 is 28.0 Å². The molecule has 0 spiro atoms. The lowest BCUT2D eigenvalue weighted by Crippen LogP contribution is -2.55. The van der Waals surface area contributed by atoms with Crippen molar-refractivity contribution in [1.82, 2.24) is 0 Å². The van der Waals surface area contributed by atoms with Gasteiger partial charge in [-0.1, -0.05) is 6.07 Å². The van der Waals surface area contributed by atoms with Crippen LogP contribution in [0.5, 0.6) is 0 Å². The van der Waals surface area contributed by atoms with Crippen LogP contribution < -0.4 is 5.32 Å². The lowest BCUT2D eigenvalue weighted by Gasteiger charge is -2.29. The quantitative estimate of drug-likeness (QED) is 0.651. The Hall–Kier alpha value is -2.32. The molecule has 0 aliphatic rings. The summed E-state index contributed by atoms with van der Waals surface area (Å²) in [7, 11) is 0. The van der Waals surface area contributed by atoms with Crippen LogP contribution in [0, 0.1) is 10.1 Å². The second-order valence-electron chi connectivity index (χ2n) is 3.86. The molecule has 0 aliphatic heterocycles. The minimum absolute atomic E-state index is 0.309. The van der Waals surface area contributed by atoms with Gasteiger partial charge in [0.2, 0.25) is 5.54 Å². The number of hydrogen-bond acceptors (Lipinski definition) is 4. The predicted octanol–water partition coefficient (Wildman–Crippen LogP) is 2.41. The van der Waals surface area contributed by atoms with E-state index >= 15 is 0 Å². The first kappa shape index (κ1) is 14.7. The molecule has 2 N–H and O–H groups in total. The third-order valence-corrected chi connectivity index (χ3v) is 2.45. The number of halogens is 3. The number of aliphatic carboxylic acids is 1. The summed E-state index contributed by atoms with van der Waals surface area (Å²) in [4.78, 5) is 20.5. The summed E-state index contributed by atoms with van der Waals surface area (Å²) in [5, 5.41) is 20.9. The maximum atomic E-state index is 12.7. The number of nitrogens with one attached hydrogen (secondary N) is 1. The molecule has 1 unspecified atom stereocenters. The maximum Gasteiger partial charge on any atom is 0.422 e. The molecule has 0 bridgehead atoms. The minimum Gasteiger partial charge on any atom is -0.479 e. The zero-order valence-electron chi connectivity index (χ0n) is 9.56. The van der Waals surface area contributed by atoms with Gasteiger partial charge in [-0.05, 0) is 13.0 Å². The summed E-state index contributed by atoms with van der Waals surface area (Å²) < 4.78 is 38.2. The van der Waals surface area contributed by atoms with Crippen molar-refractivity contribution in [3.8, 4) is 0 Å². The lowest BCUT2D eigenvalue weighted by atomic mass is 10.0. The van der Waals surface area contributed by atoms with Gasteiger partial charge in [0.1, 0.15) is 0 Å². The van der Waals surface area contributed by atoms with Gasteiger partial charge < -0.3 is 10.4 Å². The molecule has 0 heterocycles. The number of nitro benzene ring substituents is 1. The molecule has 1 rings (SSSR count). The fourth-order valence-electron chi connectivity index (χ4n) is 1.23. The SMILES string of the molecule is CC(Nc1cccc([N+](=O)[O-])c1)(C(=O)O)C(F)(F)F. The van der Waals surface area contributed by atoms with Gasteiger partial charge in [-0.2, -0.15) is 13.2 Å². The maximum absolute atomic E-state index is 12.7. The molecule has 0 aliphatic carbocycles. The smallest absolute Gasteiger partial charge is 0.422 e. The van der Waals surface area contributed by atoms with Crippen molar-refractivity contribution in [2.75, 3.05) is 5.32 Å². The van der Waals surface area contributed by atoms with E-state index in [0.29, 0.717) is 6.92 Å². The van der Waals surface area contributed by atoms with Crippen LogP contribution >= 0.6 is 0 Å². The third-order valence-electron chi connectivity index (χ3n) is 2.45.